The first-order valence-corrected chi connectivity index (χ1v) is 6.63. The van der Waals surface area contributed by atoms with Crippen molar-refractivity contribution in [3.05, 3.63) is 0 Å². The average molecular weight is 242 g/mol. The van der Waals surface area contributed by atoms with E-state index in [0.29, 0.717) is 13.0 Å². The van der Waals surface area contributed by atoms with Crippen molar-refractivity contribution in [2.24, 2.45) is 16.6 Å². The van der Waals surface area contributed by atoms with Gasteiger partial charge >= 0.3 is 0 Å². The molecule has 102 valence electrons. The minimum atomic E-state index is 0.166. The number of amides is 1. The average Bonchev–Trinajstić information content (AvgIpc) is 2.13. The zero-order valence-corrected chi connectivity index (χ0v) is 12.2. The van der Waals surface area contributed by atoms with Crippen LogP contribution in [0.25, 0.3) is 0 Å². The van der Waals surface area contributed by atoms with Crippen LogP contribution in [-0.4, -0.2) is 19.0 Å². The molecule has 3 nitrogen and oxygen atoms in total. The number of carbonyl (C=O) groups is 1. The van der Waals surface area contributed by atoms with Crippen LogP contribution in [0.15, 0.2) is 0 Å². The molecule has 0 aromatic heterocycles. The zero-order valence-electron chi connectivity index (χ0n) is 12.2. The molecule has 0 unspecified atom stereocenters. The Balaban J connectivity index is 3.73. The predicted octanol–water partition coefficient (Wildman–Crippen LogP) is 2.69. The minimum absolute atomic E-state index is 0.166. The van der Waals surface area contributed by atoms with Crippen LogP contribution in [0, 0.1) is 10.8 Å². The van der Waals surface area contributed by atoms with Crippen LogP contribution in [-0.2, 0) is 4.79 Å². The van der Waals surface area contributed by atoms with Gasteiger partial charge in [0.05, 0.1) is 0 Å². The molecule has 0 heterocycles. The second kappa shape index (κ2) is 7.00. The number of hydrogen-bond donors (Lipinski definition) is 2. The maximum absolute atomic E-state index is 11.6. The molecule has 0 rings (SSSR count). The standard InChI is InChI=1S/C14H30N2O/c1-13(2,3)9-11-16-12(17)6-7-14(4,5)8-10-15/h6-11,15H2,1-5H3,(H,16,17). The molecular formula is C14H30N2O. The van der Waals surface area contributed by atoms with Crippen LogP contribution < -0.4 is 11.1 Å². The molecule has 0 radical (unpaired) electrons. The number of nitrogens with two attached hydrogens (primary N) is 1. The lowest BCUT2D eigenvalue weighted by molar-refractivity contribution is -0.121. The van der Waals surface area contributed by atoms with E-state index in [4.69, 9.17) is 5.73 Å². The topological polar surface area (TPSA) is 55.1 Å². The van der Waals surface area contributed by atoms with E-state index < -0.39 is 0 Å². The van der Waals surface area contributed by atoms with Crippen molar-refractivity contribution in [3.63, 3.8) is 0 Å². The summed E-state index contributed by atoms with van der Waals surface area (Å²) >= 11 is 0. The van der Waals surface area contributed by atoms with Crippen LogP contribution >= 0.6 is 0 Å². The highest BCUT2D eigenvalue weighted by Crippen LogP contribution is 2.25. The van der Waals surface area contributed by atoms with E-state index in [2.05, 4.69) is 39.9 Å². The van der Waals surface area contributed by atoms with Gasteiger partial charge in [-0.05, 0) is 36.6 Å². The molecule has 0 atom stereocenters. The number of hydrogen-bond acceptors (Lipinski definition) is 2. The molecule has 0 aliphatic rings. The van der Waals surface area contributed by atoms with Crippen molar-refractivity contribution in [2.45, 2.75) is 60.3 Å². The van der Waals surface area contributed by atoms with Gasteiger partial charge < -0.3 is 11.1 Å². The Kier molecular flexibility index (Phi) is 6.76. The Hall–Kier alpha value is -0.570. The van der Waals surface area contributed by atoms with Gasteiger partial charge in [-0.25, -0.2) is 0 Å². The predicted molar refractivity (Wildman–Crippen MR) is 73.8 cm³/mol. The summed E-state index contributed by atoms with van der Waals surface area (Å²) in [5.41, 5.74) is 6.01. The number of carbonyl (C=O) groups excluding carboxylic acids is 1. The smallest absolute Gasteiger partial charge is 0.220 e. The molecule has 3 N–H and O–H groups in total. The molecule has 17 heavy (non-hydrogen) atoms. The molecule has 0 bridgehead atoms. The van der Waals surface area contributed by atoms with Crippen LogP contribution in [0.4, 0.5) is 0 Å². The summed E-state index contributed by atoms with van der Waals surface area (Å²) in [5.74, 6) is 0.166. The van der Waals surface area contributed by atoms with E-state index >= 15 is 0 Å². The van der Waals surface area contributed by atoms with Crippen molar-refractivity contribution < 1.29 is 4.79 Å². The first-order chi connectivity index (χ1) is 7.66. The lowest BCUT2D eigenvalue weighted by Gasteiger charge is -2.23. The molecule has 0 aromatic rings. The fourth-order valence-corrected chi connectivity index (χ4v) is 1.63. The largest absolute Gasteiger partial charge is 0.356 e. The fourth-order valence-electron chi connectivity index (χ4n) is 1.63. The van der Waals surface area contributed by atoms with Crippen LogP contribution in [0.3, 0.4) is 0 Å². The van der Waals surface area contributed by atoms with Crippen LogP contribution in [0.2, 0.25) is 0 Å². The van der Waals surface area contributed by atoms with Crippen molar-refractivity contribution in [1.82, 2.24) is 5.32 Å². The lowest BCUT2D eigenvalue weighted by atomic mass is 9.84. The molecule has 0 aromatic carbocycles. The van der Waals surface area contributed by atoms with Gasteiger partial charge in [-0.15, -0.1) is 0 Å². The van der Waals surface area contributed by atoms with Crippen molar-refractivity contribution >= 4 is 5.91 Å². The summed E-state index contributed by atoms with van der Waals surface area (Å²) < 4.78 is 0. The zero-order chi connectivity index (χ0) is 13.5. The summed E-state index contributed by atoms with van der Waals surface area (Å²) in [4.78, 5) is 11.6. The maximum Gasteiger partial charge on any atom is 0.220 e. The van der Waals surface area contributed by atoms with E-state index in [-0.39, 0.29) is 16.7 Å². The van der Waals surface area contributed by atoms with Crippen molar-refractivity contribution in [3.8, 4) is 0 Å². The monoisotopic (exact) mass is 242 g/mol. The Morgan fingerprint density at radius 1 is 1.06 bits per heavy atom. The van der Waals surface area contributed by atoms with E-state index in [1.54, 1.807) is 0 Å². The molecule has 0 aliphatic carbocycles. The van der Waals surface area contributed by atoms with Gasteiger partial charge in [0.1, 0.15) is 0 Å². The number of rotatable bonds is 7. The van der Waals surface area contributed by atoms with Gasteiger partial charge in [0.15, 0.2) is 0 Å². The Morgan fingerprint density at radius 3 is 2.12 bits per heavy atom. The third kappa shape index (κ3) is 10.3. The highest BCUT2D eigenvalue weighted by Gasteiger charge is 2.18. The Bertz CT molecular complexity index is 229. The third-order valence-electron chi connectivity index (χ3n) is 3.05. The Morgan fingerprint density at radius 2 is 1.65 bits per heavy atom. The van der Waals surface area contributed by atoms with Crippen LogP contribution in [0.5, 0.6) is 0 Å². The normalized spacial score (nSPS) is 12.6. The van der Waals surface area contributed by atoms with E-state index in [1.807, 2.05) is 0 Å². The van der Waals surface area contributed by atoms with Gasteiger partial charge in [0.2, 0.25) is 5.91 Å². The highest BCUT2D eigenvalue weighted by molar-refractivity contribution is 5.75. The summed E-state index contributed by atoms with van der Waals surface area (Å²) in [5, 5.41) is 2.98. The van der Waals surface area contributed by atoms with E-state index in [9.17, 15) is 4.79 Å². The minimum Gasteiger partial charge on any atom is -0.356 e. The fraction of sp³-hybridized carbons (Fsp3) is 0.929. The summed E-state index contributed by atoms with van der Waals surface area (Å²) in [6.45, 7) is 12.4. The van der Waals surface area contributed by atoms with Crippen molar-refractivity contribution in [1.29, 1.82) is 0 Å². The summed E-state index contributed by atoms with van der Waals surface area (Å²) in [6.07, 6.45) is 3.51. The van der Waals surface area contributed by atoms with Gasteiger partial charge in [-0.1, -0.05) is 34.6 Å². The Labute approximate surface area is 107 Å². The molecule has 3 heteroatoms. The molecule has 0 spiro atoms. The highest BCUT2D eigenvalue weighted by atomic mass is 16.1. The first-order valence-electron chi connectivity index (χ1n) is 6.63. The molecule has 1 amide bonds. The second-order valence-electron chi connectivity index (χ2n) is 6.86. The molecule has 0 saturated carbocycles. The van der Waals surface area contributed by atoms with E-state index in [1.165, 1.54) is 0 Å². The number of nitrogens with one attached hydrogen (secondary N) is 1. The van der Waals surface area contributed by atoms with E-state index in [0.717, 1.165) is 25.8 Å². The molecule has 0 aliphatic heterocycles. The van der Waals surface area contributed by atoms with Crippen molar-refractivity contribution in [2.75, 3.05) is 13.1 Å². The SMILES string of the molecule is CC(C)(C)CCNC(=O)CCC(C)(C)CCN. The lowest BCUT2D eigenvalue weighted by Crippen LogP contribution is -2.28. The third-order valence-corrected chi connectivity index (χ3v) is 3.05. The van der Waals surface area contributed by atoms with Crippen LogP contribution in [0.1, 0.15) is 60.3 Å². The molecule has 0 fully saturated rings. The quantitative estimate of drug-likeness (QED) is 0.721. The second-order valence-corrected chi connectivity index (χ2v) is 6.86. The maximum atomic E-state index is 11.6. The summed E-state index contributed by atoms with van der Waals surface area (Å²) in [7, 11) is 0. The molecular weight excluding hydrogens is 212 g/mol. The molecule has 0 saturated heterocycles. The summed E-state index contributed by atoms with van der Waals surface area (Å²) in [6, 6.07) is 0. The van der Waals surface area contributed by atoms with Gasteiger partial charge in [0.25, 0.3) is 0 Å². The van der Waals surface area contributed by atoms with Gasteiger partial charge in [-0.2, -0.15) is 0 Å². The van der Waals surface area contributed by atoms with Gasteiger partial charge in [0, 0.05) is 13.0 Å². The van der Waals surface area contributed by atoms with Gasteiger partial charge in [-0.3, -0.25) is 4.79 Å². The first kappa shape index (κ1) is 16.4.